The summed E-state index contributed by atoms with van der Waals surface area (Å²) >= 11 is 0. The van der Waals surface area contributed by atoms with Gasteiger partial charge in [0.05, 0.1) is 17.2 Å². The standard InChI is InChI=1S/C15H14ClNO4S/c1-2-21-14-9-8-12(22(16,19)20)10-13(14)17-15(18)11-6-4-3-5-7-11/h3-10H,2H2,1H3,(H,17,18). The van der Waals surface area contributed by atoms with Gasteiger partial charge in [0.1, 0.15) is 5.75 Å². The zero-order valence-electron chi connectivity index (χ0n) is 11.7. The lowest BCUT2D eigenvalue weighted by Crippen LogP contribution is -2.13. The lowest BCUT2D eigenvalue weighted by Gasteiger charge is -2.12. The van der Waals surface area contributed by atoms with Crippen molar-refractivity contribution < 1.29 is 17.9 Å². The van der Waals surface area contributed by atoms with Crippen LogP contribution in [0.4, 0.5) is 5.69 Å². The Morgan fingerprint density at radius 2 is 1.86 bits per heavy atom. The molecule has 0 radical (unpaired) electrons. The zero-order valence-corrected chi connectivity index (χ0v) is 13.3. The molecule has 1 N–H and O–H groups in total. The highest BCUT2D eigenvalue weighted by Gasteiger charge is 2.16. The maximum absolute atomic E-state index is 12.2. The van der Waals surface area contributed by atoms with Crippen molar-refractivity contribution in [3.63, 3.8) is 0 Å². The molecule has 0 aromatic heterocycles. The van der Waals surface area contributed by atoms with Crippen molar-refractivity contribution in [1.82, 2.24) is 0 Å². The third-order valence-corrected chi connectivity index (χ3v) is 4.17. The molecule has 7 heteroatoms. The van der Waals surface area contributed by atoms with Crippen molar-refractivity contribution in [3.05, 3.63) is 54.1 Å². The monoisotopic (exact) mass is 339 g/mol. The fraction of sp³-hybridized carbons (Fsp3) is 0.133. The van der Waals surface area contributed by atoms with Crippen LogP contribution in [0, 0.1) is 0 Å². The molecule has 0 aliphatic rings. The number of amides is 1. The number of halogens is 1. The Morgan fingerprint density at radius 3 is 2.45 bits per heavy atom. The average Bonchev–Trinajstić information content (AvgIpc) is 2.49. The van der Waals surface area contributed by atoms with Crippen molar-refractivity contribution in [2.45, 2.75) is 11.8 Å². The topological polar surface area (TPSA) is 72.5 Å². The number of carbonyl (C=O) groups excluding carboxylic acids is 1. The molecule has 0 fully saturated rings. The Hall–Kier alpha value is -2.05. The van der Waals surface area contributed by atoms with Gasteiger partial charge in [-0.1, -0.05) is 18.2 Å². The first kappa shape index (κ1) is 16.3. The highest BCUT2D eigenvalue weighted by molar-refractivity contribution is 8.13. The zero-order chi connectivity index (χ0) is 16.2. The quantitative estimate of drug-likeness (QED) is 0.848. The van der Waals surface area contributed by atoms with E-state index in [1.807, 2.05) is 0 Å². The van der Waals surface area contributed by atoms with E-state index >= 15 is 0 Å². The highest BCUT2D eigenvalue weighted by atomic mass is 35.7. The number of hydrogen-bond donors (Lipinski definition) is 1. The first-order valence-electron chi connectivity index (χ1n) is 6.49. The summed E-state index contributed by atoms with van der Waals surface area (Å²) < 4.78 is 28.2. The molecule has 22 heavy (non-hydrogen) atoms. The summed E-state index contributed by atoms with van der Waals surface area (Å²) in [4.78, 5) is 12.1. The molecule has 0 aliphatic carbocycles. The van der Waals surface area contributed by atoms with Crippen LogP contribution in [-0.4, -0.2) is 20.9 Å². The van der Waals surface area contributed by atoms with Crippen LogP contribution < -0.4 is 10.1 Å². The number of hydrogen-bond acceptors (Lipinski definition) is 4. The van der Waals surface area contributed by atoms with E-state index in [-0.39, 0.29) is 16.5 Å². The van der Waals surface area contributed by atoms with E-state index in [0.717, 1.165) is 0 Å². The van der Waals surface area contributed by atoms with Crippen LogP contribution >= 0.6 is 10.7 Å². The van der Waals surface area contributed by atoms with Crippen molar-refractivity contribution in [2.75, 3.05) is 11.9 Å². The molecule has 0 atom stereocenters. The van der Waals surface area contributed by atoms with Crippen LogP contribution in [0.15, 0.2) is 53.4 Å². The van der Waals surface area contributed by atoms with Gasteiger partial charge in [0.25, 0.3) is 15.0 Å². The van der Waals surface area contributed by atoms with E-state index < -0.39 is 9.05 Å². The summed E-state index contributed by atoms with van der Waals surface area (Å²) in [6.45, 7) is 2.16. The molecule has 0 aliphatic heterocycles. The Bertz CT molecular complexity index is 775. The van der Waals surface area contributed by atoms with Crippen molar-refractivity contribution in [2.24, 2.45) is 0 Å². The van der Waals surface area contributed by atoms with Crippen LogP contribution in [0.5, 0.6) is 5.75 Å². The smallest absolute Gasteiger partial charge is 0.261 e. The third kappa shape index (κ3) is 3.99. The number of benzene rings is 2. The molecule has 0 unspecified atom stereocenters. The molecule has 116 valence electrons. The van der Waals surface area contributed by atoms with Crippen molar-refractivity contribution in [1.29, 1.82) is 0 Å². The van der Waals surface area contributed by atoms with Crippen LogP contribution in [0.1, 0.15) is 17.3 Å². The highest BCUT2D eigenvalue weighted by Crippen LogP contribution is 2.29. The number of carbonyl (C=O) groups is 1. The van der Waals surface area contributed by atoms with Crippen molar-refractivity contribution >= 4 is 31.3 Å². The first-order chi connectivity index (χ1) is 10.4. The van der Waals surface area contributed by atoms with E-state index in [0.29, 0.717) is 17.9 Å². The summed E-state index contributed by atoms with van der Waals surface area (Å²) in [7, 11) is 1.44. The van der Waals surface area contributed by atoms with Gasteiger partial charge in [-0.2, -0.15) is 0 Å². The molecule has 0 heterocycles. The minimum atomic E-state index is -3.89. The lowest BCUT2D eigenvalue weighted by molar-refractivity contribution is 0.102. The van der Waals surface area contributed by atoms with Crippen LogP contribution in [0.2, 0.25) is 0 Å². The normalized spacial score (nSPS) is 11.0. The SMILES string of the molecule is CCOc1ccc(S(=O)(=O)Cl)cc1NC(=O)c1ccccc1. The molecule has 0 bridgehead atoms. The summed E-state index contributed by atoms with van der Waals surface area (Å²) in [5.74, 6) is 0.00141. The van der Waals surface area contributed by atoms with E-state index in [2.05, 4.69) is 5.32 Å². The Labute approximate surface area is 133 Å². The molecule has 0 spiro atoms. The van der Waals surface area contributed by atoms with Gasteiger partial charge in [-0.15, -0.1) is 0 Å². The lowest BCUT2D eigenvalue weighted by atomic mass is 10.2. The Morgan fingerprint density at radius 1 is 1.18 bits per heavy atom. The van der Waals surface area contributed by atoms with Gasteiger partial charge in [-0.05, 0) is 37.3 Å². The number of nitrogens with one attached hydrogen (secondary N) is 1. The van der Waals surface area contributed by atoms with Gasteiger partial charge in [-0.3, -0.25) is 4.79 Å². The van der Waals surface area contributed by atoms with Gasteiger partial charge in [-0.25, -0.2) is 8.42 Å². The van der Waals surface area contributed by atoms with Crippen LogP contribution in [0.25, 0.3) is 0 Å². The van der Waals surface area contributed by atoms with E-state index in [1.165, 1.54) is 18.2 Å². The largest absolute Gasteiger partial charge is 0.492 e. The van der Waals surface area contributed by atoms with Gasteiger partial charge < -0.3 is 10.1 Å². The average molecular weight is 340 g/mol. The molecule has 2 aromatic rings. The fourth-order valence-corrected chi connectivity index (χ4v) is 2.60. The summed E-state index contributed by atoms with van der Waals surface area (Å²) in [6, 6.07) is 12.6. The second-order valence-electron chi connectivity index (χ2n) is 4.35. The predicted molar refractivity (Wildman–Crippen MR) is 85.0 cm³/mol. The van der Waals surface area contributed by atoms with Gasteiger partial charge in [0, 0.05) is 16.2 Å². The maximum atomic E-state index is 12.2. The van der Waals surface area contributed by atoms with Gasteiger partial charge in [0.15, 0.2) is 0 Å². The molecule has 0 saturated carbocycles. The molecule has 5 nitrogen and oxygen atoms in total. The molecule has 1 amide bonds. The first-order valence-corrected chi connectivity index (χ1v) is 8.80. The number of ether oxygens (including phenoxy) is 1. The van der Waals surface area contributed by atoms with E-state index in [4.69, 9.17) is 15.4 Å². The fourth-order valence-electron chi connectivity index (χ4n) is 1.82. The van der Waals surface area contributed by atoms with Gasteiger partial charge >= 0.3 is 0 Å². The maximum Gasteiger partial charge on any atom is 0.261 e. The summed E-state index contributed by atoms with van der Waals surface area (Å²) in [6.07, 6.45) is 0. The van der Waals surface area contributed by atoms with Crippen LogP contribution in [0.3, 0.4) is 0 Å². The van der Waals surface area contributed by atoms with E-state index in [1.54, 1.807) is 37.3 Å². The Balaban J connectivity index is 2.37. The van der Waals surface area contributed by atoms with Crippen molar-refractivity contribution in [3.8, 4) is 5.75 Å². The van der Waals surface area contributed by atoms with Crippen LogP contribution in [-0.2, 0) is 9.05 Å². The summed E-state index contributed by atoms with van der Waals surface area (Å²) in [5, 5.41) is 2.64. The molecule has 2 aromatic carbocycles. The Kier molecular flexibility index (Phi) is 5.05. The third-order valence-electron chi connectivity index (χ3n) is 2.82. The second kappa shape index (κ2) is 6.81. The molecular formula is C15H14ClNO4S. The number of rotatable bonds is 5. The summed E-state index contributed by atoms with van der Waals surface area (Å²) in [5.41, 5.74) is 0.696. The van der Waals surface area contributed by atoms with E-state index in [9.17, 15) is 13.2 Å². The minimum absolute atomic E-state index is 0.110. The predicted octanol–water partition coefficient (Wildman–Crippen LogP) is 3.27. The molecule has 2 rings (SSSR count). The minimum Gasteiger partial charge on any atom is -0.492 e. The van der Waals surface area contributed by atoms with Gasteiger partial charge in [0.2, 0.25) is 0 Å². The second-order valence-corrected chi connectivity index (χ2v) is 6.91. The molecule has 0 saturated heterocycles. The molecular weight excluding hydrogens is 326 g/mol. The number of anilines is 1.